The highest BCUT2D eigenvalue weighted by Gasteiger charge is 2.35. The lowest BCUT2D eigenvalue weighted by Gasteiger charge is -2.35. The first-order valence-corrected chi connectivity index (χ1v) is 10.9. The second-order valence-corrected chi connectivity index (χ2v) is 9.86. The van der Waals surface area contributed by atoms with Crippen molar-refractivity contribution in [2.45, 2.75) is 70.6 Å². The number of rotatable bonds is 6. The normalized spacial score (nSPS) is 19.8. The number of halogens is 1. The number of ether oxygens (including phenoxy) is 2. The summed E-state index contributed by atoms with van der Waals surface area (Å²) in [6, 6.07) is 0.827. The topological polar surface area (TPSA) is 63.7 Å². The van der Waals surface area contributed by atoms with Crippen molar-refractivity contribution >= 4 is 29.0 Å². The minimum absolute atomic E-state index is 0.205. The molecule has 27 heavy (non-hydrogen) atoms. The summed E-state index contributed by atoms with van der Waals surface area (Å²) in [4.78, 5) is 19.4. The number of likely N-dealkylation sites (tertiary alicyclic amines) is 1. The minimum atomic E-state index is -0.446. The summed E-state index contributed by atoms with van der Waals surface area (Å²) < 4.78 is 10.7. The first kappa shape index (κ1) is 20.7. The van der Waals surface area contributed by atoms with Crippen LogP contribution in [0, 0.1) is 5.92 Å². The van der Waals surface area contributed by atoms with E-state index >= 15 is 0 Å². The van der Waals surface area contributed by atoms with Gasteiger partial charge in [0.25, 0.3) is 5.19 Å². The number of piperidine rings is 1. The second-order valence-electron chi connectivity index (χ2n) is 8.45. The Bertz CT molecular complexity index is 649. The van der Waals surface area contributed by atoms with Crippen molar-refractivity contribution in [3.8, 4) is 5.19 Å². The molecular formula is C19H30ClN3O3S. The SMILES string of the molecule is COc1nc(Cl)c(CC(NC2CCN(C(=O)OC(C)(C)C)CC2)C2CC2)s1. The third kappa shape index (κ3) is 5.96. The molecule has 2 heterocycles. The molecule has 1 atom stereocenters. The second kappa shape index (κ2) is 8.53. The highest BCUT2D eigenvalue weighted by molar-refractivity contribution is 7.13. The molecule has 1 N–H and O–H groups in total. The van der Waals surface area contributed by atoms with E-state index in [1.165, 1.54) is 24.2 Å². The molecule has 8 heteroatoms. The number of nitrogens with zero attached hydrogens (tertiary/aromatic N) is 2. The van der Waals surface area contributed by atoms with Crippen molar-refractivity contribution in [2.24, 2.45) is 5.92 Å². The smallest absolute Gasteiger partial charge is 0.410 e. The number of hydrogen-bond acceptors (Lipinski definition) is 6. The van der Waals surface area contributed by atoms with Crippen LogP contribution in [0.15, 0.2) is 0 Å². The average molecular weight is 416 g/mol. The summed E-state index contributed by atoms with van der Waals surface area (Å²) in [6.07, 6.45) is 5.11. The molecule has 2 fully saturated rings. The van der Waals surface area contributed by atoms with Gasteiger partial charge in [-0.3, -0.25) is 0 Å². The Morgan fingerprint density at radius 3 is 2.52 bits per heavy atom. The minimum Gasteiger partial charge on any atom is -0.473 e. The van der Waals surface area contributed by atoms with Gasteiger partial charge in [0.1, 0.15) is 10.8 Å². The van der Waals surface area contributed by atoms with Crippen LogP contribution in [-0.2, 0) is 11.2 Å². The molecule has 6 nitrogen and oxygen atoms in total. The maximum atomic E-state index is 12.2. The van der Waals surface area contributed by atoms with E-state index in [1.54, 1.807) is 7.11 Å². The van der Waals surface area contributed by atoms with Crippen molar-refractivity contribution in [3.05, 3.63) is 10.0 Å². The number of methoxy groups -OCH3 is 1. The van der Waals surface area contributed by atoms with Gasteiger partial charge in [-0.2, -0.15) is 4.98 Å². The molecule has 2 aliphatic rings. The van der Waals surface area contributed by atoms with Crippen LogP contribution in [0.4, 0.5) is 4.79 Å². The summed E-state index contributed by atoms with van der Waals surface area (Å²) >= 11 is 7.81. The number of carbonyl (C=O) groups excluding carboxylic acids is 1. The number of nitrogens with one attached hydrogen (secondary N) is 1. The fourth-order valence-electron chi connectivity index (χ4n) is 3.44. The molecule has 0 aromatic carbocycles. The van der Waals surface area contributed by atoms with Gasteiger partial charge in [0, 0.05) is 36.5 Å². The lowest BCUT2D eigenvalue weighted by molar-refractivity contribution is 0.0195. The van der Waals surface area contributed by atoms with Gasteiger partial charge in [0.15, 0.2) is 0 Å². The molecule has 0 spiro atoms. The van der Waals surface area contributed by atoms with Crippen LogP contribution in [-0.4, -0.2) is 53.9 Å². The third-order valence-electron chi connectivity index (χ3n) is 5.00. The zero-order valence-corrected chi connectivity index (χ0v) is 18.2. The van der Waals surface area contributed by atoms with Crippen LogP contribution in [0.2, 0.25) is 5.15 Å². The van der Waals surface area contributed by atoms with E-state index < -0.39 is 5.60 Å². The maximum Gasteiger partial charge on any atom is 0.410 e. The van der Waals surface area contributed by atoms with Crippen molar-refractivity contribution in [1.82, 2.24) is 15.2 Å². The molecule has 0 bridgehead atoms. The van der Waals surface area contributed by atoms with Crippen LogP contribution >= 0.6 is 22.9 Å². The van der Waals surface area contributed by atoms with E-state index in [9.17, 15) is 4.79 Å². The third-order valence-corrected chi connectivity index (χ3v) is 6.46. The Kier molecular flexibility index (Phi) is 6.54. The molecule has 3 rings (SSSR count). The van der Waals surface area contributed by atoms with Crippen molar-refractivity contribution in [3.63, 3.8) is 0 Å². The van der Waals surface area contributed by atoms with Gasteiger partial charge in [0.2, 0.25) is 0 Å². The summed E-state index contributed by atoms with van der Waals surface area (Å²) in [5.41, 5.74) is -0.446. The van der Waals surface area contributed by atoms with Gasteiger partial charge < -0.3 is 19.7 Å². The quantitative estimate of drug-likeness (QED) is 0.757. The van der Waals surface area contributed by atoms with Crippen LogP contribution in [0.3, 0.4) is 0 Å². The van der Waals surface area contributed by atoms with E-state index in [0.29, 0.717) is 28.3 Å². The number of thiazole rings is 1. The van der Waals surface area contributed by atoms with Gasteiger partial charge in [0.05, 0.1) is 7.11 Å². The Labute approximate surface area is 170 Å². The van der Waals surface area contributed by atoms with E-state index in [4.69, 9.17) is 21.1 Å². The lowest BCUT2D eigenvalue weighted by Crippen LogP contribution is -2.49. The molecule has 1 aromatic heterocycles. The van der Waals surface area contributed by atoms with Crippen molar-refractivity contribution in [2.75, 3.05) is 20.2 Å². The first-order chi connectivity index (χ1) is 12.7. The van der Waals surface area contributed by atoms with Crippen LogP contribution in [0.25, 0.3) is 0 Å². The predicted molar refractivity (Wildman–Crippen MR) is 108 cm³/mol. The fraction of sp³-hybridized carbons (Fsp3) is 0.789. The van der Waals surface area contributed by atoms with Crippen molar-refractivity contribution in [1.29, 1.82) is 0 Å². The van der Waals surface area contributed by atoms with E-state index in [-0.39, 0.29) is 6.09 Å². The summed E-state index contributed by atoms with van der Waals surface area (Å²) in [5, 5.41) is 5.01. The van der Waals surface area contributed by atoms with E-state index in [1.807, 2.05) is 25.7 Å². The van der Waals surface area contributed by atoms with E-state index in [2.05, 4.69) is 10.3 Å². The monoisotopic (exact) mass is 415 g/mol. The zero-order chi connectivity index (χ0) is 19.6. The molecule has 152 valence electrons. The number of amides is 1. The van der Waals surface area contributed by atoms with Gasteiger partial charge in [-0.1, -0.05) is 22.9 Å². The molecule has 1 aliphatic carbocycles. The molecular weight excluding hydrogens is 386 g/mol. The predicted octanol–water partition coefficient (Wildman–Crippen LogP) is 4.12. The standard InChI is InChI=1S/C19H30ClN3O3S/c1-19(2,3)26-18(24)23-9-7-13(8-10-23)21-14(12-5-6-12)11-15-16(20)22-17(25-4)27-15/h12-14,21H,5-11H2,1-4H3. The highest BCUT2D eigenvalue weighted by Crippen LogP contribution is 2.38. The van der Waals surface area contributed by atoms with Gasteiger partial charge in [-0.25, -0.2) is 4.79 Å². The van der Waals surface area contributed by atoms with Crippen LogP contribution in [0.5, 0.6) is 5.19 Å². The number of hydrogen-bond donors (Lipinski definition) is 1. The largest absolute Gasteiger partial charge is 0.473 e. The van der Waals surface area contributed by atoms with E-state index in [0.717, 1.165) is 37.2 Å². The zero-order valence-electron chi connectivity index (χ0n) is 16.6. The fourth-order valence-corrected chi connectivity index (χ4v) is 4.59. The molecule has 1 amide bonds. The summed E-state index contributed by atoms with van der Waals surface area (Å²) in [7, 11) is 1.62. The Morgan fingerprint density at radius 2 is 2.00 bits per heavy atom. The molecule has 1 aliphatic heterocycles. The van der Waals surface area contributed by atoms with Gasteiger partial charge in [-0.15, -0.1) is 0 Å². The van der Waals surface area contributed by atoms with Crippen LogP contribution < -0.4 is 10.1 Å². The summed E-state index contributed by atoms with van der Waals surface area (Å²) in [6.45, 7) is 7.18. The Balaban J connectivity index is 1.51. The molecule has 1 saturated heterocycles. The molecule has 1 unspecified atom stereocenters. The van der Waals surface area contributed by atoms with Gasteiger partial charge >= 0.3 is 6.09 Å². The van der Waals surface area contributed by atoms with Crippen LogP contribution in [0.1, 0.15) is 51.3 Å². The van der Waals surface area contributed by atoms with Crippen molar-refractivity contribution < 1.29 is 14.3 Å². The molecule has 0 radical (unpaired) electrons. The Hall–Kier alpha value is -1.05. The molecule has 1 aromatic rings. The molecule has 1 saturated carbocycles. The average Bonchev–Trinajstić information content (AvgIpc) is 3.38. The van der Waals surface area contributed by atoms with Gasteiger partial charge in [-0.05, 0) is 52.4 Å². The lowest BCUT2D eigenvalue weighted by atomic mass is 10.0. The number of carbonyl (C=O) groups is 1. The maximum absolute atomic E-state index is 12.2. The highest BCUT2D eigenvalue weighted by atomic mass is 35.5. The number of aromatic nitrogens is 1. The summed E-state index contributed by atoms with van der Waals surface area (Å²) in [5.74, 6) is 0.707. The Morgan fingerprint density at radius 1 is 1.33 bits per heavy atom. The first-order valence-electron chi connectivity index (χ1n) is 9.68.